The van der Waals surface area contributed by atoms with Crippen LogP contribution in [0.25, 0.3) is 5.52 Å². The minimum atomic E-state index is -3.68. The predicted molar refractivity (Wildman–Crippen MR) is 83.9 cm³/mol. The number of fused-ring (bicyclic) bond motifs is 1. The van der Waals surface area contributed by atoms with E-state index in [-0.39, 0.29) is 23.0 Å². The van der Waals surface area contributed by atoms with Gasteiger partial charge >= 0.3 is 5.97 Å². The van der Waals surface area contributed by atoms with Crippen LogP contribution < -0.4 is 0 Å². The van der Waals surface area contributed by atoms with Gasteiger partial charge in [-0.2, -0.15) is 0 Å². The normalized spacial score (nSPS) is 11.7. The van der Waals surface area contributed by atoms with Crippen molar-refractivity contribution in [3.05, 3.63) is 66.1 Å². The molecular weight excluding hydrogens is 316 g/mol. The molecular formula is C16H14N2O4S. The minimum Gasteiger partial charge on any atom is -0.481 e. The molecule has 3 aromatic rings. The molecule has 0 unspecified atom stereocenters. The van der Waals surface area contributed by atoms with Crippen molar-refractivity contribution in [3.63, 3.8) is 0 Å². The fraction of sp³-hybridized carbons (Fsp3) is 0.125. The Morgan fingerprint density at radius 2 is 1.78 bits per heavy atom. The zero-order valence-corrected chi connectivity index (χ0v) is 12.9. The summed E-state index contributed by atoms with van der Waals surface area (Å²) in [6.07, 6.45) is 1.27. The van der Waals surface area contributed by atoms with Crippen molar-refractivity contribution in [1.29, 1.82) is 0 Å². The summed E-state index contributed by atoms with van der Waals surface area (Å²) in [4.78, 5) is 15.1. The lowest BCUT2D eigenvalue weighted by Crippen LogP contribution is -2.07. The van der Waals surface area contributed by atoms with Gasteiger partial charge in [-0.1, -0.05) is 36.4 Å². The largest absolute Gasteiger partial charge is 0.481 e. The highest BCUT2D eigenvalue weighted by Gasteiger charge is 2.24. The lowest BCUT2D eigenvalue weighted by atomic mass is 10.2. The first kappa shape index (κ1) is 15.2. The van der Waals surface area contributed by atoms with Crippen LogP contribution in [0.15, 0.2) is 59.8 Å². The molecule has 1 N–H and O–H groups in total. The summed E-state index contributed by atoms with van der Waals surface area (Å²) in [6, 6.07) is 13.8. The van der Waals surface area contributed by atoms with Crippen LogP contribution in [0.5, 0.6) is 0 Å². The highest BCUT2D eigenvalue weighted by Crippen LogP contribution is 2.22. The Labute approximate surface area is 133 Å². The molecule has 0 amide bonds. The number of benzene rings is 1. The molecule has 2 aromatic heterocycles. The number of carboxylic acid groups (broad SMARTS) is 1. The maximum Gasteiger partial charge on any atom is 0.311 e. The molecule has 0 radical (unpaired) electrons. The summed E-state index contributed by atoms with van der Waals surface area (Å²) < 4.78 is 26.9. The van der Waals surface area contributed by atoms with Crippen LogP contribution in [0.1, 0.15) is 11.4 Å². The average Bonchev–Trinajstić information content (AvgIpc) is 2.87. The molecule has 2 heterocycles. The first-order valence-electron chi connectivity index (χ1n) is 6.92. The van der Waals surface area contributed by atoms with E-state index >= 15 is 0 Å². The summed E-state index contributed by atoms with van der Waals surface area (Å²) in [5.41, 5.74) is 1.05. The van der Waals surface area contributed by atoms with E-state index in [0.717, 1.165) is 0 Å². The van der Waals surface area contributed by atoms with Crippen LogP contribution in [-0.2, 0) is 26.8 Å². The summed E-state index contributed by atoms with van der Waals surface area (Å²) in [5, 5.41) is 8.89. The average molecular weight is 330 g/mol. The molecule has 1 aromatic carbocycles. The van der Waals surface area contributed by atoms with Gasteiger partial charge in [0.05, 0.1) is 11.3 Å². The topological polar surface area (TPSA) is 88.7 Å². The van der Waals surface area contributed by atoms with E-state index in [1.54, 1.807) is 48.7 Å². The van der Waals surface area contributed by atoms with Crippen LogP contribution in [0.2, 0.25) is 0 Å². The molecule has 23 heavy (non-hydrogen) atoms. The second kappa shape index (κ2) is 5.85. The molecule has 0 aliphatic rings. The van der Waals surface area contributed by atoms with Gasteiger partial charge in [0.25, 0.3) is 0 Å². The summed E-state index contributed by atoms with van der Waals surface area (Å²) >= 11 is 0. The monoisotopic (exact) mass is 330 g/mol. The van der Waals surface area contributed by atoms with E-state index in [9.17, 15) is 13.2 Å². The summed E-state index contributed by atoms with van der Waals surface area (Å²) in [6.45, 7) is 0. The zero-order chi connectivity index (χ0) is 16.4. The van der Waals surface area contributed by atoms with Crippen molar-refractivity contribution < 1.29 is 18.3 Å². The number of carboxylic acids is 1. The van der Waals surface area contributed by atoms with Gasteiger partial charge in [-0.25, -0.2) is 13.4 Å². The molecule has 118 valence electrons. The number of nitrogens with zero attached hydrogens (tertiary/aromatic N) is 2. The van der Waals surface area contributed by atoms with E-state index in [0.29, 0.717) is 11.1 Å². The van der Waals surface area contributed by atoms with Crippen molar-refractivity contribution in [3.8, 4) is 0 Å². The number of hydrogen-bond donors (Lipinski definition) is 1. The van der Waals surface area contributed by atoms with Crippen molar-refractivity contribution in [2.45, 2.75) is 17.2 Å². The van der Waals surface area contributed by atoms with Crippen LogP contribution in [0, 0.1) is 0 Å². The van der Waals surface area contributed by atoms with E-state index < -0.39 is 15.8 Å². The number of carbonyl (C=O) groups is 1. The van der Waals surface area contributed by atoms with Gasteiger partial charge in [0.1, 0.15) is 12.2 Å². The van der Waals surface area contributed by atoms with Crippen molar-refractivity contribution in [1.82, 2.24) is 9.38 Å². The van der Waals surface area contributed by atoms with Crippen molar-refractivity contribution >= 4 is 21.3 Å². The maximum atomic E-state index is 12.7. The van der Waals surface area contributed by atoms with Crippen LogP contribution in [0.3, 0.4) is 0 Å². The third-order valence-electron chi connectivity index (χ3n) is 3.39. The lowest BCUT2D eigenvalue weighted by molar-refractivity contribution is -0.136. The molecule has 6 nitrogen and oxygen atoms in total. The Balaban J connectivity index is 2.10. The molecule has 0 aliphatic carbocycles. The summed E-state index contributed by atoms with van der Waals surface area (Å²) in [5.74, 6) is -1.05. The third-order valence-corrected chi connectivity index (χ3v) is 4.99. The molecule has 0 saturated carbocycles. The van der Waals surface area contributed by atoms with E-state index in [1.807, 2.05) is 6.07 Å². The third kappa shape index (κ3) is 3.09. The van der Waals surface area contributed by atoms with Gasteiger partial charge in [0.15, 0.2) is 5.03 Å². The highest BCUT2D eigenvalue weighted by atomic mass is 32.2. The molecule has 0 saturated heterocycles. The first-order chi connectivity index (χ1) is 11.0. The molecule has 7 heteroatoms. The van der Waals surface area contributed by atoms with Crippen LogP contribution in [0.4, 0.5) is 0 Å². The van der Waals surface area contributed by atoms with Crippen LogP contribution >= 0.6 is 0 Å². The van der Waals surface area contributed by atoms with Crippen molar-refractivity contribution in [2.75, 3.05) is 0 Å². The smallest absolute Gasteiger partial charge is 0.311 e. The molecule has 0 fully saturated rings. The zero-order valence-electron chi connectivity index (χ0n) is 12.1. The SMILES string of the molecule is O=C(O)Cc1nc(S(=O)(=O)Cc2ccccc2)c2ccccn12. The van der Waals surface area contributed by atoms with Gasteiger partial charge in [-0.05, 0) is 17.7 Å². The Morgan fingerprint density at radius 3 is 2.48 bits per heavy atom. The predicted octanol–water partition coefficient (Wildman–Crippen LogP) is 1.94. The molecule has 0 aliphatic heterocycles. The van der Waals surface area contributed by atoms with Gasteiger partial charge in [-0.15, -0.1) is 0 Å². The Morgan fingerprint density at radius 1 is 1.09 bits per heavy atom. The summed E-state index contributed by atoms with van der Waals surface area (Å²) in [7, 11) is -3.68. The number of aromatic nitrogens is 2. The van der Waals surface area contributed by atoms with Gasteiger partial charge in [0.2, 0.25) is 9.84 Å². The Hall–Kier alpha value is -2.67. The van der Waals surface area contributed by atoms with E-state index in [2.05, 4.69) is 4.98 Å². The molecule has 3 rings (SSSR count). The standard InChI is InChI=1S/C16H14N2O4S/c19-15(20)10-14-17-16(13-8-4-5-9-18(13)14)23(21,22)11-12-6-2-1-3-7-12/h1-9H,10-11H2,(H,19,20). The molecule has 0 atom stereocenters. The Kier molecular flexibility index (Phi) is 3.87. The lowest BCUT2D eigenvalue weighted by Gasteiger charge is -2.02. The van der Waals surface area contributed by atoms with E-state index in [1.165, 1.54) is 4.40 Å². The number of sulfone groups is 1. The maximum absolute atomic E-state index is 12.7. The number of imidazole rings is 1. The molecule has 0 spiro atoms. The first-order valence-corrected chi connectivity index (χ1v) is 8.57. The van der Waals surface area contributed by atoms with Gasteiger partial charge in [-0.3, -0.25) is 4.79 Å². The quantitative estimate of drug-likeness (QED) is 0.772. The number of hydrogen-bond acceptors (Lipinski definition) is 4. The van der Waals surface area contributed by atoms with Crippen molar-refractivity contribution in [2.24, 2.45) is 0 Å². The number of pyridine rings is 1. The fourth-order valence-corrected chi connectivity index (χ4v) is 3.92. The second-order valence-corrected chi connectivity index (χ2v) is 7.01. The minimum absolute atomic E-state index is 0.0850. The number of aliphatic carboxylic acids is 1. The highest BCUT2D eigenvalue weighted by molar-refractivity contribution is 7.90. The Bertz CT molecular complexity index is 962. The van der Waals surface area contributed by atoms with Gasteiger partial charge in [0, 0.05) is 6.20 Å². The van der Waals surface area contributed by atoms with Crippen LogP contribution in [-0.4, -0.2) is 28.9 Å². The number of rotatable bonds is 5. The fourth-order valence-electron chi connectivity index (χ4n) is 2.42. The van der Waals surface area contributed by atoms with Gasteiger partial charge < -0.3 is 9.51 Å². The van der Waals surface area contributed by atoms with E-state index in [4.69, 9.17) is 5.11 Å². The molecule has 0 bridgehead atoms. The second-order valence-electron chi connectivity index (χ2n) is 5.10.